The van der Waals surface area contributed by atoms with Crippen molar-refractivity contribution in [3.63, 3.8) is 0 Å². The van der Waals surface area contributed by atoms with Crippen molar-refractivity contribution >= 4 is 17.2 Å². The molecule has 2 N–H and O–H groups in total. The molecule has 0 saturated heterocycles. The maximum absolute atomic E-state index is 12.5. The Balaban J connectivity index is 1.65. The van der Waals surface area contributed by atoms with Crippen LogP contribution in [0.4, 0.5) is 0 Å². The fraction of sp³-hybridized carbons (Fsp3) is 0.500. The number of H-pyrrole nitrogens is 1. The third kappa shape index (κ3) is 2.98. The quantitative estimate of drug-likeness (QED) is 0.888. The van der Waals surface area contributed by atoms with Gasteiger partial charge < -0.3 is 10.2 Å². The highest BCUT2D eigenvalue weighted by atomic mass is 32.1. The van der Waals surface area contributed by atoms with E-state index in [1.807, 2.05) is 20.2 Å². The number of amides is 1. The Morgan fingerprint density at radius 3 is 3.14 bits per heavy atom. The normalized spacial score (nSPS) is 14.0. The first kappa shape index (κ1) is 14.2. The maximum Gasteiger partial charge on any atom is 0.274 e. The number of hydrogen-bond donors (Lipinski definition) is 2. The highest BCUT2D eigenvalue weighted by Crippen LogP contribution is 2.17. The largest absolute Gasteiger partial charge is 0.340 e. The van der Waals surface area contributed by atoms with E-state index in [1.54, 1.807) is 16.2 Å². The minimum atomic E-state index is -0.0236. The van der Waals surface area contributed by atoms with Crippen LogP contribution in [0, 0.1) is 6.92 Å². The van der Waals surface area contributed by atoms with Gasteiger partial charge in [0.15, 0.2) is 5.69 Å². The molecule has 0 fully saturated rings. The third-order valence-corrected chi connectivity index (χ3v) is 4.66. The predicted molar refractivity (Wildman–Crippen MR) is 81.5 cm³/mol. The number of rotatable bonds is 4. The number of aryl methyl sites for hydroxylation is 1. The third-order valence-electron chi connectivity index (χ3n) is 3.69. The molecule has 0 atom stereocenters. The van der Waals surface area contributed by atoms with Crippen LogP contribution in [0.3, 0.4) is 0 Å². The molecule has 1 amide bonds. The van der Waals surface area contributed by atoms with Crippen molar-refractivity contribution in [3.05, 3.63) is 33.0 Å². The number of carbonyl (C=O) groups is 1. The Kier molecular flexibility index (Phi) is 4.03. The van der Waals surface area contributed by atoms with Crippen LogP contribution in [0.15, 0.2) is 6.20 Å². The zero-order valence-corrected chi connectivity index (χ0v) is 13.1. The standard InChI is InChI=1S/C14H19N5OS/c1-9-7-16-12(21-9)4-6-19(2)14(20)13-10-8-15-5-3-11(10)17-18-13/h7,15H,3-6,8H2,1-2H3,(H,17,18). The lowest BCUT2D eigenvalue weighted by Gasteiger charge is -2.17. The number of hydrogen-bond acceptors (Lipinski definition) is 5. The highest BCUT2D eigenvalue weighted by molar-refractivity contribution is 7.11. The molecule has 0 bridgehead atoms. The van der Waals surface area contributed by atoms with Gasteiger partial charge in [-0.3, -0.25) is 9.89 Å². The molecule has 1 aliphatic heterocycles. The second-order valence-electron chi connectivity index (χ2n) is 5.30. The highest BCUT2D eigenvalue weighted by Gasteiger charge is 2.23. The SMILES string of the molecule is Cc1cnc(CCN(C)C(=O)c2n[nH]c3c2CNCC3)s1. The number of fused-ring (bicyclic) bond motifs is 1. The van der Waals surface area contributed by atoms with Crippen LogP contribution in [0.5, 0.6) is 0 Å². The Morgan fingerprint density at radius 2 is 2.38 bits per heavy atom. The van der Waals surface area contributed by atoms with Gasteiger partial charge in [-0.05, 0) is 6.92 Å². The summed E-state index contributed by atoms with van der Waals surface area (Å²) in [7, 11) is 1.82. The average molecular weight is 305 g/mol. The van der Waals surface area contributed by atoms with E-state index in [-0.39, 0.29) is 5.91 Å². The number of nitrogens with zero attached hydrogens (tertiary/aromatic N) is 3. The van der Waals surface area contributed by atoms with Gasteiger partial charge in [-0.25, -0.2) is 4.98 Å². The molecule has 21 heavy (non-hydrogen) atoms. The molecule has 1 aliphatic rings. The van der Waals surface area contributed by atoms with Crippen molar-refractivity contribution in [2.24, 2.45) is 0 Å². The molecular weight excluding hydrogens is 286 g/mol. The molecular formula is C14H19N5OS. The van der Waals surface area contributed by atoms with Crippen molar-refractivity contribution in [2.45, 2.75) is 26.3 Å². The van der Waals surface area contributed by atoms with Gasteiger partial charge in [0.05, 0.1) is 5.01 Å². The molecule has 7 heteroatoms. The molecule has 0 radical (unpaired) electrons. The van der Waals surface area contributed by atoms with E-state index in [2.05, 4.69) is 20.5 Å². The van der Waals surface area contributed by atoms with Crippen LogP contribution in [0.2, 0.25) is 0 Å². The Bertz CT molecular complexity index is 648. The number of carbonyl (C=O) groups excluding carboxylic acids is 1. The first-order valence-corrected chi connectivity index (χ1v) is 7.90. The van der Waals surface area contributed by atoms with E-state index in [4.69, 9.17) is 0 Å². The van der Waals surface area contributed by atoms with Crippen molar-refractivity contribution < 1.29 is 4.79 Å². The van der Waals surface area contributed by atoms with Gasteiger partial charge in [-0.2, -0.15) is 5.10 Å². The molecule has 0 aromatic carbocycles. The lowest BCUT2D eigenvalue weighted by Crippen LogP contribution is -2.31. The molecule has 112 valence electrons. The van der Waals surface area contributed by atoms with E-state index in [0.717, 1.165) is 35.7 Å². The summed E-state index contributed by atoms with van der Waals surface area (Å²) in [5.41, 5.74) is 2.65. The number of likely N-dealkylation sites (N-methyl/N-ethyl adjacent to an activating group) is 1. The van der Waals surface area contributed by atoms with Crippen molar-refractivity contribution in [1.29, 1.82) is 0 Å². The molecule has 0 aliphatic carbocycles. The lowest BCUT2D eigenvalue weighted by atomic mass is 10.1. The molecule has 2 aromatic rings. The van der Waals surface area contributed by atoms with Gasteiger partial charge in [0.1, 0.15) is 0 Å². The molecule has 3 heterocycles. The summed E-state index contributed by atoms with van der Waals surface area (Å²) in [5.74, 6) is -0.0236. The van der Waals surface area contributed by atoms with Gasteiger partial charge in [-0.1, -0.05) is 0 Å². The fourth-order valence-corrected chi connectivity index (χ4v) is 3.24. The van der Waals surface area contributed by atoms with E-state index in [1.165, 1.54) is 4.88 Å². The summed E-state index contributed by atoms with van der Waals surface area (Å²) in [6.45, 7) is 4.34. The van der Waals surface area contributed by atoms with Crippen LogP contribution >= 0.6 is 11.3 Å². The summed E-state index contributed by atoms with van der Waals surface area (Å²) in [5, 5.41) is 11.6. The maximum atomic E-state index is 12.5. The second-order valence-corrected chi connectivity index (χ2v) is 6.62. The summed E-state index contributed by atoms with van der Waals surface area (Å²) >= 11 is 1.68. The second kappa shape index (κ2) is 5.95. The van der Waals surface area contributed by atoms with Gasteiger partial charge in [-0.15, -0.1) is 11.3 Å². The van der Waals surface area contributed by atoms with Gasteiger partial charge in [0.2, 0.25) is 0 Å². The molecule has 3 rings (SSSR count). The number of thiazole rings is 1. The molecule has 2 aromatic heterocycles. The van der Waals surface area contributed by atoms with Crippen LogP contribution in [-0.2, 0) is 19.4 Å². The number of aromatic nitrogens is 3. The fourth-order valence-electron chi connectivity index (χ4n) is 2.46. The van der Waals surface area contributed by atoms with Gasteiger partial charge >= 0.3 is 0 Å². The Hall–Kier alpha value is -1.73. The van der Waals surface area contributed by atoms with Crippen molar-refractivity contribution in [3.8, 4) is 0 Å². The topological polar surface area (TPSA) is 73.9 Å². The monoisotopic (exact) mass is 305 g/mol. The smallest absolute Gasteiger partial charge is 0.274 e. The zero-order chi connectivity index (χ0) is 14.8. The minimum Gasteiger partial charge on any atom is -0.340 e. The van der Waals surface area contributed by atoms with Crippen LogP contribution in [0.1, 0.15) is 31.6 Å². The van der Waals surface area contributed by atoms with Crippen molar-refractivity contribution in [1.82, 2.24) is 25.4 Å². The average Bonchev–Trinajstić information content (AvgIpc) is 3.10. The number of aromatic amines is 1. The Labute approximate surface area is 127 Å². The lowest BCUT2D eigenvalue weighted by molar-refractivity contribution is 0.0789. The summed E-state index contributed by atoms with van der Waals surface area (Å²) in [6, 6.07) is 0. The molecule has 0 spiro atoms. The van der Waals surface area contributed by atoms with Gasteiger partial charge in [0, 0.05) is 61.9 Å². The summed E-state index contributed by atoms with van der Waals surface area (Å²) in [6.07, 6.45) is 3.56. The zero-order valence-electron chi connectivity index (χ0n) is 12.3. The van der Waals surface area contributed by atoms with E-state index >= 15 is 0 Å². The van der Waals surface area contributed by atoms with E-state index in [0.29, 0.717) is 18.8 Å². The molecule has 0 saturated carbocycles. The molecule has 6 nitrogen and oxygen atoms in total. The van der Waals surface area contributed by atoms with Crippen molar-refractivity contribution in [2.75, 3.05) is 20.1 Å². The van der Waals surface area contributed by atoms with Crippen LogP contribution in [-0.4, -0.2) is 46.1 Å². The number of nitrogens with one attached hydrogen (secondary N) is 2. The summed E-state index contributed by atoms with van der Waals surface area (Å²) in [4.78, 5) is 19.8. The predicted octanol–water partition coefficient (Wildman–Crippen LogP) is 1.14. The summed E-state index contributed by atoms with van der Waals surface area (Å²) < 4.78 is 0. The van der Waals surface area contributed by atoms with E-state index in [9.17, 15) is 4.79 Å². The van der Waals surface area contributed by atoms with E-state index < -0.39 is 0 Å². The minimum absolute atomic E-state index is 0.0236. The molecule has 0 unspecified atom stereocenters. The van der Waals surface area contributed by atoms with Crippen LogP contribution in [0.25, 0.3) is 0 Å². The first-order chi connectivity index (χ1) is 10.1. The van der Waals surface area contributed by atoms with Crippen LogP contribution < -0.4 is 5.32 Å². The first-order valence-electron chi connectivity index (χ1n) is 7.08. The van der Waals surface area contributed by atoms with Gasteiger partial charge in [0.25, 0.3) is 5.91 Å². The Morgan fingerprint density at radius 1 is 1.52 bits per heavy atom.